The third-order valence-electron chi connectivity index (χ3n) is 5.61. The molecule has 0 amide bonds. The van der Waals surface area contributed by atoms with E-state index in [-0.39, 0.29) is 12.4 Å². The van der Waals surface area contributed by atoms with Gasteiger partial charge in [0.05, 0.1) is 0 Å². The van der Waals surface area contributed by atoms with E-state index in [2.05, 4.69) is 5.32 Å². The predicted octanol–water partition coefficient (Wildman–Crippen LogP) is 5.58. The van der Waals surface area contributed by atoms with Gasteiger partial charge in [0.25, 0.3) is 0 Å². The van der Waals surface area contributed by atoms with Crippen LogP contribution in [0.2, 0.25) is 0 Å². The molecule has 3 aromatic rings. The second-order valence-electron chi connectivity index (χ2n) is 8.22. The lowest BCUT2D eigenvalue weighted by atomic mass is 9.95. The van der Waals surface area contributed by atoms with Gasteiger partial charge in [-0.1, -0.05) is 32.4 Å². The number of rotatable bonds is 11. The summed E-state index contributed by atoms with van der Waals surface area (Å²) in [5.41, 5.74) is 9.25. The number of aliphatic carboxylic acids is 1. The van der Waals surface area contributed by atoms with E-state index in [9.17, 15) is 18.7 Å². The number of nitrogens with one attached hydrogen (secondary N) is 2. The summed E-state index contributed by atoms with van der Waals surface area (Å²) in [6, 6.07) is 12.8. The summed E-state index contributed by atoms with van der Waals surface area (Å²) >= 11 is 0. The molecule has 1 atom stereocenters. The highest BCUT2D eigenvalue weighted by Gasteiger charge is 2.26. The number of carboxylic acids is 1. The van der Waals surface area contributed by atoms with Crippen LogP contribution in [0, 0.1) is 17.0 Å². The van der Waals surface area contributed by atoms with Crippen LogP contribution in [-0.2, 0) is 24.2 Å². The van der Waals surface area contributed by atoms with Crippen molar-refractivity contribution in [2.24, 2.45) is 5.73 Å². The number of benzene rings is 3. The van der Waals surface area contributed by atoms with Crippen molar-refractivity contribution in [2.45, 2.75) is 45.8 Å². The number of aryl methyl sites for hydroxylation is 2. The van der Waals surface area contributed by atoms with Crippen molar-refractivity contribution >= 4 is 17.5 Å². The Bertz CT molecular complexity index is 1210. The summed E-state index contributed by atoms with van der Waals surface area (Å²) in [7, 11) is 0. The summed E-state index contributed by atoms with van der Waals surface area (Å²) < 4.78 is 33.1. The number of carbonyl (C=O) groups is 1. The van der Waals surface area contributed by atoms with Crippen LogP contribution in [0.4, 0.5) is 14.5 Å². The fourth-order valence-electron chi connectivity index (χ4n) is 3.80. The maximum absolute atomic E-state index is 13.7. The summed E-state index contributed by atoms with van der Waals surface area (Å²) in [6.45, 7) is 3.95. The number of halogens is 2. The van der Waals surface area contributed by atoms with Crippen LogP contribution in [0.3, 0.4) is 0 Å². The lowest BCUT2D eigenvalue weighted by Crippen LogP contribution is -2.22. The minimum absolute atomic E-state index is 0.0496. The maximum atomic E-state index is 13.7. The molecule has 0 saturated carbocycles. The molecular formula is C27H29F2N3O3. The number of nitrogen functional groups attached to an aromatic ring is 1. The minimum Gasteiger partial charge on any atom is -0.488 e. The average molecular weight is 482 g/mol. The van der Waals surface area contributed by atoms with Gasteiger partial charge < -0.3 is 20.9 Å². The Morgan fingerprint density at radius 1 is 1.06 bits per heavy atom. The minimum atomic E-state index is -1.14. The summed E-state index contributed by atoms with van der Waals surface area (Å²) in [4.78, 5) is 12.4. The molecule has 5 N–H and O–H groups in total. The van der Waals surface area contributed by atoms with E-state index < -0.39 is 23.6 Å². The molecule has 0 heterocycles. The summed E-state index contributed by atoms with van der Waals surface area (Å²) in [5, 5.41) is 20.7. The third-order valence-corrected chi connectivity index (χ3v) is 5.61. The van der Waals surface area contributed by atoms with Gasteiger partial charge in [-0.3, -0.25) is 5.41 Å². The first kappa shape index (κ1) is 25.7. The van der Waals surface area contributed by atoms with E-state index in [0.29, 0.717) is 41.0 Å². The van der Waals surface area contributed by atoms with Gasteiger partial charge in [0, 0.05) is 16.8 Å². The van der Waals surface area contributed by atoms with Crippen LogP contribution in [0.15, 0.2) is 54.6 Å². The highest BCUT2D eigenvalue weighted by atomic mass is 19.2. The topological polar surface area (TPSA) is 108 Å². The van der Waals surface area contributed by atoms with Crippen LogP contribution in [0.25, 0.3) is 0 Å². The SMILES string of the molecule is CCCc1cc(CC)cc([C@@H](Nc2ccc(C(=N)N)cc2)C(=O)O)c1OCc1ccc(F)c(F)c1. The van der Waals surface area contributed by atoms with E-state index in [1.807, 2.05) is 19.9 Å². The molecule has 0 unspecified atom stereocenters. The molecule has 0 fully saturated rings. The van der Waals surface area contributed by atoms with Crippen molar-refractivity contribution in [1.29, 1.82) is 5.41 Å². The van der Waals surface area contributed by atoms with Crippen molar-refractivity contribution in [2.75, 3.05) is 5.32 Å². The highest BCUT2D eigenvalue weighted by Crippen LogP contribution is 2.35. The zero-order valence-corrected chi connectivity index (χ0v) is 19.7. The monoisotopic (exact) mass is 481 g/mol. The molecule has 35 heavy (non-hydrogen) atoms. The Balaban J connectivity index is 2.02. The number of amidine groups is 1. The Morgan fingerprint density at radius 3 is 2.34 bits per heavy atom. The maximum Gasteiger partial charge on any atom is 0.330 e. The molecule has 3 rings (SSSR count). The average Bonchev–Trinajstić information content (AvgIpc) is 2.83. The van der Waals surface area contributed by atoms with Crippen molar-refractivity contribution < 1.29 is 23.4 Å². The van der Waals surface area contributed by atoms with Gasteiger partial charge >= 0.3 is 5.97 Å². The lowest BCUT2D eigenvalue weighted by Gasteiger charge is -2.23. The van der Waals surface area contributed by atoms with Gasteiger partial charge in [-0.15, -0.1) is 0 Å². The molecule has 0 spiro atoms. The lowest BCUT2D eigenvalue weighted by molar-refractivity contribution is -0.138. The van der Waals surface area contributed by atoms with E-state index in [1.165, 1.54) is 6.07 Å². The summed E-state index contributed by atoms with van der Waals surface area (Å²) in [5.74, 6) is -2.69. The van der Waals surface area contributed by atoms with Crippen molar-refractivity contribution in [3.05, 3.63) is 94.0 Å². The fourth-order valence-corrected chi connectivity index (χ4v) is 3.80. The molecule has 0 saturated heterocycles. The molecule has 6 nitrogen and oxygen atoms in total. The Kier molecular flexibility index (Phi) is 8.41. The Morgan fingerprint density at radius 2 is 1.77 bits per heavy atom. The van der Waals surface area contributed by atoms with Crippen LogP contribution in [-0.4, -0.2) is 16.9 Å². The number of hydrogen-bond acceptors (Lipinski definition) is 4. The Hall–Kier alpha value is -3.94. The second kappa shape index (κ2) is 11.5. The van der Waals surface area contributed by atoms with E-state index in [0.717, 1.165) is 29.7 Å². The number of anilines is 1. The molecule has 8 heteroatoms. The molecule has 0 aromatic heterocycles. The van der Waals surface area contributed by atoms with Crippen LogP contribution in [0.5, 0.6) is 5.75 Å². The molecule has 0 radical (unpaired) electrons. The standard InChI is InChI=1S/C27H29F2N3O3/c1-3-5-19-12-16(4-2)13-21(25(19)35-15-17-6-11-22(28)23(29)14-17)24(27(33)34)32-20-9-7-18(8-10-20)26(30)31/h6-14,24,32H,3-5,15H2,1-2H3,(H3,30,31)(H,33,34)/t24-/m1/s1. The van der Waals surface area contributed by atoms with Crippen LogP contribution >= 0.6 is 0 Å². The molecule has 0 aliphatic carbocycles. The van der Waals surface area contributed by atoms with Gasteiger partial charge in [-0.2, -0.15) is 0 Å². The molecule has 3 aromatic carbocycles. The fraction of sp³-hybridized carbons (Fsp3) is 0.259. The molecule has 0 aliphatic rings. The van der Waals surface area contributed by atoms with Gasteiger partial charge in [0.15, 0.2) is 17.7 Å². The third kappa shape index (κ3) is 6.35. The van der Waals surface area contributed by atoms with Crippen molar-refractivity contribution in [1.82, 2.24) is 0 Å². The van der Waals surface area contributed by atoms with Gasteiger partial charge in [-0.05, 0) is 72.0 Å². The van der Waals surface area contributed by atoms with E-state index in [4.69, 9.17) is 15.9 Å². The van der Waals surface area contributed by atoms with Crippen LogP contribution in [0.1, 0.15) is 54.1 Å². The zero-order chi connectivity index (χ0) is 25.5. The first-order chi connectivity index (χ1) is 16.7. The summed E-state index contributed by atoms with van der Waals surface area (Å²) in [6.07, 6.45) is 2.17. The van der Waals surface area contributed by atoms with E-state index in [1.54, 1.807) is 30.3 Å². The van der Waals surface area contributed by atoms with Gasteiger partial charge in [0.2, 0.25) is 0 Å². The zero-order valence-electron chi connectivity index (χ0n) is 19.7. The smallest absolute Gasteiger partial charge is 0.330 e. The number of carboxylic acid groups (broad SMARTS) is 1. The highest BCUT2D eigenvalue weighted by molar-refractivity contribution is 5.95. The normalized spacial score (nSPS) is 11.7. The van der Waals surface area contributed by atoms with Gasteiger partial charge in [-0.25, -0.2) is 13.6 Å². The number of nitrogens with two attached hydrogens (primary N) is 1. The molecule has 0 aliphatic heterocycles. The largest absolute Gasteiger partial charge is 0.488 e. The first-order valence-corrected chi connectivity index (χ1v) is 11.4. The quantitative estimate of drug-likeness (QED) is 0.211. The van der Waals surface area contributed by atoms with Gasteiger partial charge in [0.1, 0.15) is 18.2 Å². The van der Waals surface area contributed by atoms with Crippen molar-refractivity contribution in [3.63, 3.8) is 0 Å². The predicted molar refractivity (Wildman–Crippen MR) is 132 cm³/mol. The Labute approximate surface area is 203 Å². The molecule has 0 bridgehead atoms. The first-order valence-electron chi connectivity index (χ1n) is 11.4. The van der Waals surface area contributed by atoms with E-state index >= 15 is 0 Å². The number of ether oxygens (including phenoxy) is 1. The number of hydrogen-bond donors (Lipinski definition) is 4. The molecular weight excluding hydrogens is 452 g/mol. The molecule has 184 valence electrons. The van der Waals surface area contributed by atoms with Crippen LogP contribution < -0.4 is 15.8 Å². The second-order valence-corrected chi connectivity index (χ2v) is 8.22. The van der Waals surface area contributed by atoms with Crippen molar-refractivity contribution in [3.8, 4) is 5.75 Å².